The molecule has 26 heavy (non-hydrogen) atoms. The molecule has 7 heteroatoms. The largest absolute Gasteiger partial charge is 0.378 e. The molecule has 2 saturated carbocycles. The van der Waals surface area contributed by atoms with Gasteiger partial charge in [-0.2, -0.15) is 0 Å². The zero-order valence-corrected chi connectivity index (χ0v) is 15.3. The first kappa shape index (κ1) is 17.3. The fourth-order valence-corrected chi connectivity index (χ4v) is 4.95. The van der Waals surface area contributed by atoms with E-state index in [2.05, 4.69) is 5.32 Å². The summed E-state index contributed by atoms with van der Waals surface area (Å²) >= 11 is 0. The number of amides is 1. The van der Waals surface area contributed by atoms with Crippen LogP contribution < -0.4 is 10.2 Å². The highest BCUT2D eigenvalue weighted by atomic mass is 16.6. The number of rotatable bonds is 5. The van der Waals surface area contributed by atoms with Crippen molar-refractivity contribution in [3.63, 3.8) is 0 Å². The van der Waals surface area contributed by atoms with Crippen LogP contribution in [0.15, 0.2) is 12.1 Å². The standard InChI is InChI=1S/C19H25N3O4/c1-3-26-17-11-16(19(17)7-4-8-19)21(2)14-10-13-12(5-6-18(23)20-13)9-15(14)22(24)25/h9-10,16-17H,3-8,11H2,1-2H3,(H,20,23)/t16-,17-/m1/s1. The van der Waals surface area contributed by atoms with Gasteiger partial charge in [-0.25, -0.2) is 0 Å². The van der Waals surface area contributed by atoms with Crippen molar-refractivity contribution in [2.75, 3.05) is 23.9 Å². The van der Waals surface area contributed by atoms with Gasteiger partial charge in [0.2, 0.25) is 5.91 Å². The second-order valence-corrected chi connectivity index (χ2v) is 7.70. The summed E-state index contributed by atoms with van der Waals surface area (Å²) in [5.41, 5.74) is 2.38. The summed E-state index contributed by atoms with van der Waals surface area (Å²) in [4.78, 5) is 25.1. The Morgan fingerprint density at radius 1 is 1.38 bits per heavy atom. The van der Waals surface area contributed by atoms with E-state index in [9.17, 15) is 14.9 Å². The van der Waals surface area contributed by atoms with Crippen LogP contribution in [-0.4, -0.2) is 36.6 Å². The molecule has 0 saturated heterocycles. The molecule has 0 radical (unpaired) electrons. The lowest BCUT2D eigenvalue weighted by Gasteiger charge is -2.63. The van der Waals surface area contributed by atoms with E-state index in [1.54, 1.807) is 12.1 Å². The Bertz CT molecular complexity index is 759. The summed E-state index contributed by atoms with van der Waals surface area (Å²) in [5, 5.41) is 14.5. The number of carbonyl (C=O) groups is 1. The molecule has 0 aromatic heterocycles. The van der Waals surface area contributed by atoms with Crippen molar-refractivity contribution in [2.45, 2.75) is 57.6 Å². The van der Waals surface area contributed by atoms with Gasteiger partial charge in [-0.05, 0) is 44.2 Å². The zero-order valence-electron chi connectivity index (χ0n) is 15.3. The first-order valence-corrected chi connectivity index (χ1v) is 9.42. The summed E-state index contributed by atoms with van der Waals surface area (Å²) in [6, 6.07) is 3.65. The van der Waals surface area contributed by atoms with Crippen LogP contribution in [0.25, 0.3) is 0 Å². The van der Waals surface area contributed by atoms with E-state index >= 15 is 0 Å². The number of anilines is 2. The lowest BCUT2D eigenvalue weighted by molar-refractivity contribution is -0.384. The van der Waals surface area contributed by atoms with E-state index < -0.39 is 0 Å². The Morgan fingerprint density at radius 2 is 2.15 bits per heavy atom. The quantitative estimate of drug-likeness (QED) is 0.644. The molecule has 3 aliphatic rings. The number of hydrogen-bond acceptors (Lipinski definition) is 5. The minimum absolute atomic E-state index is 0.0320. The highest BCUT2D eigenvalue weighted by molar-refractivity contribution is 5.95. The van der Waals surface area contributed by atoms with Crippen molar-refractivity contribution in [3.8, 4) is 0 Å². The lowest BCUT2D eigenvalue weighted by Crippen LogP contribution is -2.67. The predicted octanol–water partition coefficient (Wildman–Crippen LogP) is 3.26. The molecule has 0 bridgehead atoms. The van der Waals surface area contributed by atoms with Crippen molar-refractivity contribution in [3.05, 3.63) is 27.8 Å². The van der Waals surface area contributed by atoms with Crippen molar-refractivity contribution in [1.29, 1.82) is 0 Å². The molecule has 7 nitrogen and oxygen atoms in total. The third-order valence-electron chi connectivity index (χ3n) is 6.53. The van der Waals surface area contributed by atoms with Gasteiger partial charge in [-0.1, -0.05) is 6.42 Å². The molecule has 1 aromatic carbocycles. The SMILES string of the molecule is CCO[C@@H]1C[C@@H](N(C)c2cc3c(cc2[N+](=O)[O-])CCC(=O)N3)C12CCC2. The van der Waals surface area contributed by atoms with E-state index in [1.165, 1.54) is 6.42 Å². The zero-order chi connectivity index (χ0) is 18.5. The first-order valence-electron chi connectivity index (χ1n) is 9.42. The molecule has 2 atom stereocenters. The summed E-state index contributed by atoms with van der Waals surface area (Å²) < 4.78 is 5.92. The second kappa shape index (κ2) is 6.23. The van der Waals surface area contributed by atoms with E-state index in [4.69, 9.17) is 4.74 Å². The fourth-order valence-electron chi connectivity index (χ4n) is 4.95. The molecule has 1 amide bonds. The number of nitrogens with zero attached hydrogens (tertiary/aromatic N) is 2. The van der Waals surface area contributed by atoms with Gasteiger partial charge < -0.3 is 15.0 Å². The van der Waals surface area contributed by atoms with Crippen LogP contribution in [-0.2, 0) is 16.0 Å². The molecular formula is C19H25N3O4. The maximum atomic E-state index is 11.7. The van der Waals surface area contributed by atoms with Crippen molar-refractivity contribution >= 4 is 23.0 Å². The normalized spacial score (nSPS) is 25.7. The molecule has 4 rings (SSSR count). The Balaban J connectivity index is 1.67. The van der Waals surface area contributed by atoms with Crippen LogP contribution >= 0.6 is 0 Å². The van der Waals surface area contributed by atoms with Gasteiger partial charge in [0.1, 0.15) is 5.69 Å². The number of benzene rings is 1. The van der Waals surface area contributed by atoms with Gasteiger partial charge >= 0.3 is 0 Å². The smallest absolute Gasteiger partial charge is 0.292 e. The van der Waals surface area contributed by atoms with E-state index in [-0.39, 0.29) is 34.1 Å². The Hall–Kier alpha value is -2.15. The van der Waals surface area contributed by atoms with Gasteiger partial charge in [0, 0.05) is 43.3 Å². The number of carbonyl (C=O) groups excluding carboxylic acids is 1. The summed E-state index contributed by atoms with van der Waals surface area (Å²) in [5.74, 6) is -0.0320. The Kier molecular flexibility index (Phi) is 4.14. The van der Waals surface area contributed by atoms with E-state index in [0.29, 0.717) is 30.8 Å². The number of nitrogens with one attached hydrogen (secondary N) is 1. The highest BCUT2D eigenvalue weighted by Gasteiger charge is 2.60. The van der Waals surface area contributed by atoms with Gasteiger partial charge in [0.15, 0.2) is 0 Å². The van der Waals surface area contributed by atoms with E-state index in [1.807, 2.05) is 18.9 Å². The highest BCUT2D eigenvalue weighted by Crippen LogP contribution is 2.59. The summed E-state index contributed by atoms with van der Waals surface area (Å²) in [6.07, 6.45) is 5.49. The van der Waals surface area contributed by atoms with Crippen molar-refractivity contribution in [2.24, 2.45) is 5.41 Å². The van der Waals surface area contributed by atoms with Crippen molar-refractivity contribution in [1.82, 2.24) is 0 Å². The van der Waals surface area contributed by atoms with Gasteiger partial charge in [-0.15, -0.1) is 0 Å². The number of hydrogen-bond donors (Lipinski definition) is 1. The fraction of sp³-hybridized carbons (Fsp3) is 0.632. The first-order chi connectivity index (χ1) is 12.5. The molecule has 1 spiro atoms. The van der Waals surface area contributed by atoms with Crippen LogP contribution in [0.3, 0.4) is 0 Å². The minimum atomic E-state index is -0.311. The molecule has 1 heterocycles. The topological polar surface area (TPSA) is 84.7 Å². The second-order valence-electron chi connectivity index (χ2n) is 7.70. The molecular weight excluding hydrogens is 334 g/mol. The van der Waals surface area contributed by atoms with Crippen LogP contribution in [0.4, 0.5) is 17.1 Å². The number of ether oxygens (including phenoxy) is 1. The third kappa shape index (κ3) is 2.48. The molecule has 1 N–H and O–H groups in total. The van der Waals surface area contributed by atoms with Crippen LogP contribution in [0.5, 0.6) is 0 Å². The van der Waals surface area contributed by atoms with Crippen molar-refractivity contribution < 1.29 is 14.5 Å². The molecule has 2 aliphatic carbocycles. The molecule has 140 valence electrons. The van der Waals surface area contributed by atoms with Gasteiger partial charge in [0.05, 0.1) is 11.0 Å². The van der Waals surface area contributed by atoms with Gasteiger partial charge in [0.25, 0.3) is 5.69 Å². The monoisotopic (exact) mass is 359 g/mol. The van der Waals surface area contributed by atoms with Gasteiger partial charge in [-0.3, -0.25) is 14.9 Å². The number of nitro benzene ring substituents is 1. The lowest BCUT2D eigenvalue weighted by atomic mass is 9.50. The molecule has 0 unspecified atom stereocenters. The minimum Gasteiger partial charge on any atom is -0.378 e. The Morgan fingerprint density at radius 3 is 2.77 bits per heavy atom. The number of nitro groups is 1. The Labute approximate surface area is 152 Å². The third-order valence-corrected chi connectivity index (χ3v) is 6.53. The molecule has 1 aromatic rings. The predicted molar refractivity (Wildman–Crippen MR) is 98.6 cm³/mol. The number of aryl methyl sites for hydroxylation is 1. The van der Waals surface area contributed by atoms with Crippen LogP contribution in [0.1, 0.15) is 44.6 Å². The average molecular weight is 359 g/mol. The maximum absolute atomic E-state index is 11.7. The summed E-state index contributed by atoms with van der Waals surface area (Å²) in [6.45, 7) is 2.72. The molecule has 1 aliphatic heterocycles. The van der Waals surface area contributed by atoms with E-state index in [0.717, 1.165) is 24.8 Å². The average Bonchev–Trinajstić information content (AvgIpc) is 2.55. The maximum Gasteiger partial charge on any atom is 0.292 e. The van der Waals surface area contributed by atoms with Crippen LogP contribution in [0, 0.1) is 15.5 Å². The number of fused-ring (bicyclic) bond motifs is 1. The van der Waals surface area contributed by atoms with Crippen LogP contribution in [0.2, 0.25) is 0 Å². The molecule has 2 fully saturated rings. The summed E-state index contributed by atoms with van der Waals surface area (Å²) in [7, 11) is 1.94.